The molecule has 2 unspecified atom stereocenters. The van der Waals surface area contributed by atoms with Gasteiger partial charge in [-0.1, -0.05) is 0 Å². The second-order valence-electron chi connectivity index (χ2n) is 7.71. The van der Waals surface area contributed by atoms with Gasteiger partial charge in [-0.05, 0) is 64.3 Å². The van der Waals surface area contributed by atoms with Crippen LogP contribution in [0.1, 0.15) is 44.4 Å². The highest BCUT2D eigenvalue weighted by Gasteiger charge is 2.29. The largest absolute Gasteiger partial charge is 0.335 e. The van der Waals surface area contributed by atoms with Gasteiger partial charge < -0.3 is 10.2 Å². The average molecular weight is 372 g/mol. The van der Waals surface area contributed by atoms with E-state index in [9.17, 15) is 8.78 Å². The van der Waals surface area contributed by atoms with Gasteiger partial charge in [0.2, 0.25) is 5.95 Å². The molecule has 4 nitrogen and oxygen atoms in total. The van der Waals surface area contributed by atoms with Crippen molar-refractivity contribution in [2.45, 2.75) is 58.0 Å². The smallest absolute Gasteiger partial charge is 0.226 e. The Kier molecular flexibility index (Phi) is 5.08. The van der Waals surface area contributed by atoms with Crippen molar-refractivity contribution in [3.05, 3.63) is 41.1 Å². The molecule has 0 saturated carbocycles. The molecule has 0 amide bonds. The summed E-state index contributed by atoms with van der Waals surface area (Å²) in [5.41, 5.74) is 3.43. The number of fused-ring (bicyclic) bond motifs is 1. The lowest BCUT2D eigenvalue weighted by Gasteiger charge is -2.39. The first-order valence-corrected chi connectivity index (χ1v) is 9.89. The molecule has 1 aromatic carbocycles. The lowest BCUT2D eigenvalue weighted by Crippen LogP contribution is -2.45. The summed E-state index contributed by atoms with van der Waals surface area (Å²) < 4.78 is 27.4. The van der Waals surface area contributed by atoms with Gasteiger partial charge >= 0.3 is 0 Å². The van der Waals surface area contributed by atoms with Crippen LogP contribution in [0.25, 0.3) is 11.3 Å². The van der Waals surface area contributed by atoms with Crippen molar-refractivity contribution in [3.8, 4) is 11.3 Å². The zero-order valence-electron chi connectivity index (χ0n) is 15.9. The number of anilines is 1. The van der Waals surface area contributed by atoms with Gasteiger partial charge in [-0.3, -0.25) is 0 Å². The Hall–Kier alpha value is -2.08. The molecule has 144 valence electrons. The molecule has 3 heterocycles. The number of nitrogens with one attached hydrogen (secondary N) is 1. The van der Waals surface area contributed by atoms with Crippen LogP contribution in [0, 0.1) is 11.6 Å². The predicted molar refractivity (Wildman–Crippen MR) is 103 cm³/mol. The molecule has 1 saturated heterocycles. The first-order chi connectivity index (χ1) is 13.0. The van der Waals surface area contributed by atoms with Crippen molar-refractivity contribution < 1.29 is 8.78 Å². The van der Waals surface area contributed by atoms with E-state index in [1.165, 1.54) is 18.6 Å². The molecule has 2 aliphatic heterocycles. The van der Waals surface area contributed by atoms with Crippen LogP contribution in [-0.4, -0.2) is 35.1 Å². The summed E-state index contributed by atoms with van der Waals surface area (Å²) in [6.45, 7) is 6.13. The first-order valence-electron chi connectivity index (χ1n) is 9.89. The van der Waals surface area contributed by atoms with Gasteiger partial charge in [0.15, 0.2) is 11.6 Å². The average Bonchev–Trinajstić information content (AvgIpc) is 2.89. The molecule has 2 aliphatic rings. The number of rotatable bonds is 2. The van der Waals surface area contributed by atoms with Crippen LogP contribution in [0.2, 0.25) is 0 Å². The van der Waals surface area contributed by atoms with Crippen molar-refractivity contribution in [1.82, 2.24) is 15.3 Å². The number of piperidine rings is 1. The molecular weight excluding hydrogens is 346 g/mol. The highest BCUT2D eigenvalue weighted by atomic mass is 19.2. The van der Waals surface area contributed by atoms with Gasteiger partial charge in [0.1, 0.15) is 0 Å². The normalized spacial score (nSPS) is 23.0. The molecule has 0 bridgehead atoms. The Bertz CT molecular complexity index is 829. The number of halogens is 2. The Morgan fingerprint density at radius 2 is 1.74 bits per heavy atom. The van der Waals surface area contributed by atoms with Crippen LogP contribution >= 0.6 is 0 Å². The zero-order valence-corrected chi connectivity index (χ0v) is 15.9. The summed E-state index contributed by atoms with van der Waals surface area (Å²) in [5.74, 6) is -0.956. The first kappa shape index (κ1) is 18.3. The van der Waals surface area contributed by atoms with E-state index in [0.29, 0.717) is 17.6 Å². The van der Waals surface area contributed by atoms with E-state index in [-0.39, 0.29) is 0 Å². The summed E-state index contributed by atoms with van der Waals surface area (Å²) in [4.78, 5) is 12.1. The Morgan fingerprint density at radius 1 is 1.00 bits per heavy atom. The fourth-order valence-electron chi connectivity index (χ4n) is 4.35. The molecule has 6 heteroatoms. The van der Waals surface area contributed by atoms with Gasteiger partial charge in [0.25, 0.3) is 0 Å². The minimum atomic E-state index is -0.840. The third-order valence-corrected chi connectivity index (χ3v) is 5.79. The van der Waals surface area contributed by atoms with E-state index in [1.807, 2.05) is 0 Å². The van der Waals surface area contributed by atoms with Crippen molar-refractivity contribution in [2.75, 3.05) is 18.0 Å². The van der Waals surface area contributed by atoms with E-state index in [4.69, 9.17) is 9.97 Å². The summed E-state index contributed by atoms with van der Waals surface area (Å²) in [6, 6.07) is 4.79. The van der Waals surface area contributed by atoms with Crippen molar-refractivity contribution in [2.24, 2.45) is 0 Å². The molecule has 0 aliphatic carbocycles. The number of benzene rings is 1. The maximum atomic E-state index is 13.9. The summed E-state index contributed by atoms with van der Waals surface area (Å²) in [5, 5.41) is 3.39. The van der Waals surface area contributed by atoms with Crippen molar-refractivity contribution in [3.63, 3.8) is 0 Å². The lowest BCUT2D eigenvalue weighted by atomic mass is 9.97. The number of nitrogens with zero attached hydrogens (tertiary/aromatic N) is 3. The second-order valence-corrected chi connectivity index (χ2v) is 7.71. The van der Waals surface area contributed by atoms with E-state index in [0.717, 1.165) is 61.7 Å². The fraction of sp³-hybridized carbons (Fsp3) is 0.524. The standard InChI is InChI=1S/C21H26F2N4/c1-13-4-3-5-14(2)27(13)21-25-19-9-11-24-10-8-16(19)20(26-21)15-6-7-17(22)18(23)12-15/h6-7,12-14,24H,3-5,8-11H2,1-2H3. The molecule has 1 fully saturated rings. The topological polar surface area (TPSA) is 41.1 Å². The number of aromatic nitrogens is 2. The number of hydrogen-bond donors (Lipinski definition) is 1. The minimum Gasteiger partial charge on any atom is -0.335 e. The Labute approximate surface area is 159 Å². The molecule has 1 aromatic heterocycles. The maximum absolute atomic E-state index is 13.9. The van der Waals surface area contributed by atoms with E-state index < -0.39 is 11.6 Å². The lowest BCUT2D eigenvalue weighted by molar-refractivity contribution is 0.407. The molecule has 1 N–H and O–H groups in total. The quantitative estimate of drug-likeness (QED) is 0.869. The molecule has 0 spiro atoms. The van der Waals surface area contributed by atoms with Gasteiger partial charge in [-0.15, -0.1) is 0 Å². The predicted octanol–water partition coefficient (Wildman–Crippen LogP) is 3.88. The van der Waals surface area contributed by atoms with Crippen LogP contribution in [-0.2, 0) is 12.8 Å². The maximum Gasteiger partial charge on any atom is 0.226 e. The van der Waals surface area contributed by atoms with E-state index in [2.05, 4.69) is 24.1 Å². The van der Waals surface area contributed by atoms with Gasteiger partial charge in [0.05, 0.1) is 11.4 Å². The van der Waals surface area contributed by atoms with Crippen LogP contribution in [0.5, 0.6) is 0 Å². The third kappa shape index (κ3) is 3.55. The van der Waals surface area contributed by atoms with Crippen molar-refractivity contribution >= 4 is 5.95 Å². The highest BCUT2D eigenvalue weighted by molar-refractivity contribution is 5.66. The molecule has 2 aromatic rings. The Balaban J connectivity index is 1.86. The van der Waals surface area contributed by atoms with E-state index >= 15 is 0 Å². The third-order valence-electron chi connectivity index (χ3n) is 5.79. The van der Waals surface area contributed by atoms with E-state index in [1.54, 1.807) is 6.07 Å². The highest BCUT2D eigenvalue weighted by Crippen LogP contribution is 2.32. The zero-order chi connectivity index (χ0) is 19.0. The van der Waals surface area contributed by atoms with Crippen molar-refractivity contribution in [1.29, 1.82) is 0 Å². The van der Waals surface area contributed by atoms with Gasteiger partial charge in [-0.25, -0.2) is 18.7 Å². The van der Waals surface area contributed by atoms with Crippen LogP contribution in [0.15, 0.2) is 18.2 Å². The molecular formula is C21H26F2N4. The van der Waals surface area contributed by atoms with Gasteiger partial charge in [0, 0.05) is 36.2 Å². The summed E-state index contributed by atoms with van der Waals surface area (Å²) >= 11 is 0. The minimum absolute atomic E-state index is 0.369. The fourth-order valence-corrected chi connectivity index (χ4v) is 4.35. The second kappa shape index (κ2) is 7.50. The SMILES string of the molecule is CC1CCCC(C)N1c1nc2c(c(-c3ccc(F)c(F)c3)n1)CCNCC2. The molecule has 4 rings (SSSR count). The van der Waals surface area contributed by atoms with Crippen LogP contribution in [0.3, 0.4) is 0 Å². The van der Waals surface area contributed by atoms with Crippen LogP contribution in [0.4, 0.5) is 14.7 Å². The monoisotopic (exact) mass is 372 g/mol. The molecule has 2 atom stereocenters. The summed E-state index contributed by atoms with van der Waals surface area (Å²) in [6.07, 6.45) is 5.05. The van der Waals surface area contributed by atoms with Crippen LogP contribution < -0.4 is 10.2 Å². The number of hydrogen-bond acceptors (Lipinski definition) is 4. The molecule has 0 radical (unpaired) electrons. The van der Waals surface area contributed by atoms with Gasteiger partial charge in [-0.2, -0.15) is 0 Å². The molecule has 27 heavy (non-hydrogen) atoms. The Morgan fingerprint density at radius 3 is 2.48 bits per heavy atom. The summed E-state index contributed by atoms with van der Waals surface area (Å²) in [7, 11) is 0.